The third-order valence-electron chi connectivity index (χ3n) is 5.59. The summed E-state index contributed by atoms with van der Waals surface area (Å²) in [4.78, 5) is 12.8. The molecule has 4 aromatic rings. The number of hydrogen-bond acceptors (Lipinski definition) is 5. The highest BCUT2D eigenvalue weighted by atomic mass is 35.5. The van der Waals surface area contributed by atoms with E-state index >= 15 is 0 Å². The molecule has 0 aliphatic rings. The first-order chi connectivity index (χ1) is 18.7. The maximum absolute atomic E-state index is 13.4. The Kier molecular flexibility index (Phi) is 9.24. The number of ether oxygens (including phenoxy) is 1. The van der Waals surface area contributed by atoms with Gasteiger partial charge in [-0.3, -0.25) is 9.10 Å². The van der Waals surface area contributed by atoms with Gasteiger partial charge < -0.3 is 4.74 Å². The average molecular weight is 583 g/mol. The predicted octanol–water partition coefficient (Wildman–Crippen LogP) is 6.23. The second kappa shape index (κ2) is 12.8. The lowest BCUT2D eigenvalue weighted by Crippen LogP contribution is -2.39. The van der Waals surface area contributed by atoms with Gasteiger partial charge in [-0.05, 0) is 84.8 Å². The molecule has 0 atom stereocenters. The third kappa shape index (κ3) is 7.83. The fourth-order valence-corrected chi connectivity index (χ4v) is 5.25. The van der Waals surface area contributed by atoms with Crippen LogP contribution in [0.1, 0.15) is 16.7 Å². The highest BCUT2D eigenvalue weighted by Gasteiger charge is 2.27. The van der Waals surface area contributed by atoms with Gasteiger partial charge in [0.2, 0.25) is 0 Å². The maximum Gasteiger partial charge on any atom is 0.264 e. The highest BCUT2D eigenvalue weighted by molar-refractivity contribution is 7.92. The van der Waals surface area contributed by atoms with Crippen LogP contribution in [0.4, 0.5) is 5.69 Å². The molecule has 0 spiro atoms. The van der Waals surface area contributed by atoms with E-state index in [1.165, 1.54) is 24.4 Å². The van der Waals surface area contributed by atoms with Gasteiger partial charge in [0.25, 0.3) is 15.9 Å². The number of hydrogen-bond donors (Lipinski definition) is 1. The fraction of sp³-hybridized carbons (Fsp3) is 0.103. The second-order valence-electron chi connectivity index (χ2n) is 8.58. The SMILES string of the molecule is Cc1ccc(S(=O)(=O)N(CC(=O)N/N=C/c2ccc(OCc3ccc(Cl)cc3)cc2)c2cccc(Cl)c2)cc1. The zero-order chi connectivity index (χ0) is 27.8. The van der Waals surface area contributed by atoms with E-state index in [4.69, 9.17) is 27.9 Å². The summed E-state index contributed by atoms with van der Waals surface area (Å²) in [5.41, 5.74) is 5.27. The molecule has 0 aliphatic carbocycles. The summed E-state index contributed by atoms with van der Waals surface area (Å²) in [5, 5.41) is 4.99. The van der Waals surface area contributed by atoms with Crippen molar-refractivity contribution >= 4 is 51.0 Å². The van der Waals surface area contributed by atoms with Crippen LogP contribution in [0.15, 0.2) is 107 Å². The number of halogens is 2. The number of benzene rings is 4. The Morgan fingerprint density at radius 1 is 0.923 bits per heavy atom. The number of carbonyl (C=O) groups excluding carboxylic acids is 1. The molecule has 1 amide bonds. The van der Waals surface area contributed by atoms with Gasteiger partial charge in [0.05, 0.1) is 16.8 Å². The summed E-state index contributed by atoms with van der Waals surface area (Å²) in [7, 11) is -4.05. The molecule has 10 heteroatoms. The molecule has 0 saturated heterocycles. The van der Waals surface area contributed by atoms with Gasteiger partial charge in [-0.15, -0.1) is 0 Å². The summed E-state index contributed by atoms with van der Waals surface area (Å²) < 4.78 is 33.6. The predicted molar refractivity (Wildman–Crippen MR) is 155 cm³/mol. The molecule has 39 heavy (non-hydrogen) atoms. The molecule has 0 radical (unpaired) electrons. The lowest BCUT2D eigenvalue weighted by atomic mass is 10.2. The minimum absolute atomic E-state index is 0.0581. The highest BCUT2D eigenvalue weighted by Crippen LogP contribution is 2.26. The van der Waals surface area contributed by atoms with E-state index in [1.54, 1.807) is 66.7 Å². The molecule has 0 unspecified atom stereocenters. The van der Waals surface area contributed by atoms with E-state index in [9.17, 15) is 13.2 Å². The van der Waals surface area contributed by atoms with Crippen molar-refractivity contribution in [2.24, 2.45) is 5.10 Å². The molecular weight excluding hydrogens is 557 g/mol. The molecular formula is C29H25Cl2N3O4S. The Hall–Kier alpha value is -3.85. The topological polar surface area (TPSA) is 88.1 Å². The molecule has 7 nitrogen and oxygen atoms in total. The van der Waals surface area contributed by atoms with Crippen LogP contribution in [0.3, 0.4) is 0 Å². The van der Waals surface area contributed by atoms with Crippen LogP contribution in [0.2, 0.25) is 10.0 Å². The van der Waals surface area contributed by atoms with Crippen molar-refractivity contribution in [3.63, 3.8) is 0 Å². The normalized spacial score (nSPS) is 11.4. The number of nitrogens with one attached hydrogen (secondary N) is 1. The van der Waals surface area contributed by atoms with E-state index in [2.05, 4.69) is 10.5 Å². The van der Waals surface area contributed by atoms with Crippen molar-refractivity contribution in [3.05, 3.63) is 124 Å². The zero-order valence-corrected chi connectivity index (χ0v) is 23.2. The molecule has 0 heterocycles. The molecule has 0 fully saturated rings. The monoisotopic (exact) mass is 581 g/mol. The second-order valence-corrected chi connectivity index (χ2v) is 11.3. The number of nitrogens with zero attached hydrogens (tertiary/aromatic N) is 2. The van der Waals surface area contributed by atoms with E-state index in [-0.39, 0.29) is 10.6 Å². The van der Waals surface area contributed by atoms with E-state index < -0.39 is 22.5 Å². The molecule has 1 N–H and O–H groups in total. The number of rotatable bonds is 10. The lowest BCUT2D eigenvalue weighted by Gasteiger charge is -2.24. The van der Waals surface area contributed by atoms with Crippen molar-refractivity contribution in [2.75, 3.05) is 10.8 Å². The van der Waals surface area contributed by atoms with Gasteiger partial charge in [-0.25, -0.2) is 13.8 Å². The summed E-state index contributed by atoms with van der Waals surface area (Å²) in [6.45, 7) is 1.76. The maximum atomic E-state index is 13.4. The van der Waals surface area contributed by atoms with E-state index in [1.807, 2.05) is 19.1 Å². The smallest absolute Gasteiger partial charge is 0.264 e. The van der Waals surface area contributed by atoms with Gasteiger partial charge in [0.15, 0.2) is 0 Å². The summed E-state index contributed by atoms with van der Waals surface area (Å²) in [6, 6.07) is 27.2. The van der Waals surface area contributed by atoms with Crippen LogP contribution in [-0.2, 0) is 21.4 Å². The van der Waals surface area contributed by atoms with Crippen molar-refractivity contribution < 1.29 is 17.9 Å². The minimum Gasteiger partial charge on any atom is -0.489 e. The van der Waals surface area contributed by atoms with E-state index in [0.29, 0.717) is 28.0 Å². The number of carbonyl (C=O) groups is 1. The first kappa shape index (κ1) is 28.2. The quantitative estimate of drug-likeness (QED) is 0.178. The van der Waals surface area contributed by atoms with Crippen LogP contribution in [-0.4, -0.2) is 27.1 Å². The van der Waals surface area contributed by atoms with E-state index in [0.717, 1.165) is 15.4 Å². The summed E-state index contributed by atoms with van der Waals surface area (Å²) in [5.74, 6) is 0.0504. The Bertz CT molecular complexity index is 1560. The van der Waals surface area contributed by atoms with Gasteiger partial charge in [0.1, 0.15) is 18.9 Å². The van der Waals surface area contributed by atoms with Crippen molar-refractivity contribution in [1.29, 1.82) is 0 Å². The fourth-order valence-electron chi connectivity index (χ4n) is 3.53. The van der Waals surface area contributed by atoms with Crippen LogP contribution in [0, 0.1) is 6.92 Å². The first-order valence-corrected chi connectivity index (χ1v) is 14.0. The summed E-state index contributed by atoms with van der Waals surface area (Å²) >= 11 is 12.0. The van der Waals surface area contributed by atoms with Crippen LogP contribution in [0.5, 0.6) is 5.75 Å². The zero-order valence-electron chi connectivity index (χ0n) is 20.9. The van der Waals surface area contributed by atoms with Gasteiger partial charge >= 0.3 is 0 Å². The van der Waals surface area contributed by atoms with Crippen molar-refractivity contribution in [3.8, 4) is 5.75 Å². The molecule has 200 valence electrons. The number of sulfonamides is 1. The van der Waals surface area contributed by atoms with Crippen molar-refractivity contribution in [1.82, 2.24) is 5.43 Å². The standard InChI is InChI=1S/C29H25Cl2N3O4S/c1-21-5-15-28(16-6-21)39(36,37)34(26-4-2-3-25(31)17-26)19-29(35)33-32-18-22-9-13-27(14-10-22)38-20-23-7-11-24(30)12-8-23/h2-18H,19-20H2,1H3,(H,33,35)/b32-18+. The molecule has 0 aliphatic heterocycles. The molecule has 4 rings (SSSR count). The van der Waals surface area contributed by atoms with Crippen LogP contribution in [0.25, 0.3) is 0 Å². The van der Waals surface area contributed by atoms with Gasteiger partial charge in [-0.2, -0.15) is 5.10 Å². The van der Waals surface area contributed by atoms with Crippen LogP contribution >= 0.6 is 23.2 Å². The number of amides is 1. The largest absolute Gasteiger partial charge is 0.489 e. The molecule has 4 aromatic carbocycles. The lowest BCUT2D eigenvalue weighted by molar-refractivity contribution is -0.119. The Morgan fingerprint density at radius 3 is 2.28 bits per heavy atom. The van der Waals surface area contributed by atoms with Gasteiger partial charge in [-0.1, -0.05) is 59.1 Å². The van der Waals surface area contributed by atoms with Gasteiger partial charge in [0, 0.05) is 10.0 Å². The Balaban J connectivity index is 1.40. The minimum atomic E-state index is -4.05. The third-order valence-corrected chi connectivity index (χ3v) is 7.87. The molecule has 0 saturated carbocycles. The Labute approximate surface area is 237 Å². The van der Waals surface area contributed by atoms with Crippen molar-refractivity contribution in [2.45, 2.75) is 18.4 Å². The summed E-state index contributed by atoms with van der Waals surface area (Å²) in [6.07, 6.45) is 1.46. The first-order valence-electron chi connectivity index (χ1n) is 11.8. The molecule has 0 bridgehead atoms. The molecule has 0 aromatic heterocycles. The van der Waals surface area contributed by atoms with Crippen LogP contribution < -0.4 is 14.5 Å². The number of aryl methyl sites for hydroxylation is 1. The number of anilines is 1. The Morgan fingerprint density at radius 2 is 1.62 bits per heavy atom. The average Bonchev–Trinajstić information content (AvgIpc) is 2.92. The number of hydrazone groups is 1.